The first-order valence-corrected chi connectivity index (χ1v) is 11.1. The molecule has 0 saturated carbocycles. The third-order valence-corrected chi connectivity index (χ3v) is 5.90. The molecule has 3 aromatic rings. The van der Waals surface area contributed by atoms with Crippen LogP contribution in [0, 0.1) is 6.92 Å². The van der Waals surface area contributed by atoms with Gasteiger partial charge in [-0.25, -0.2) is 4.98 Å². The molecule has 2 heterocycles. The molecule has 32 heavy (non-hydrogen) atoms. The van der Waals surface area contributed by atoms with Gasteiger partial charge in [0.15, 0.2) is 5.82 Å². The number of hydrogen-bond donors (Lipinski definition) is 2. The lowest BCUT2D eigenvalue weighted by Crippen LogP contribution is -2.44. The summed E-state index contributed by atoms with van der Waals surface area (Å²) in [6.07, 6.45) is 1.60. The third-order valence-electron chi connectivity index (χ3n) is 5.62. The number of hydrogen-bond acceptors (Lipinski definition) is 7. The highest BCUT2D eigenvalue weighted by Crippen LogP contribution is 2.32. The van der Waals surface area contributed by atoms with Gasteiger partial charge in [-0.1, -0.05) is 41.4 Å². The van der Waals surface area contributed by atoms with Crippen LogP contribution in [0.2, 0.25) is 5.02 Å². The standard InChI is InChI=1S/C24H29ClN6O/c1-17-4-6-18(7-5-17)15-26-23-20(25)16-27-24(29-23)28-21-9-8-19(14-22(21)32-3)31-12-10-30(2)11-13-31/h4-9,14,16H,10-13,15H2,1-3H3,(H2,26,27,28,29). The van der Waals surface area contributed by atoms with Crippen molar-refractivity contribution in [3.05, 3.63) is 64.8 Å². The number of likely N-dealkylation sites (N-methyl/N-ethyl adjacent to an activating group) is 1. The normalized spacial score (nSPS) is 14.3. The summed E-state index contributed by atoms with van der Waals surface area (Å²) in [6.45, 7) is 6.81. The van der Waals surface area contributed by atoms with Gasteiger partial charge >= 0.3 is 0 Å². The maximum absolute atomic E-state index is 6.32. The Morgan fingerprint density at radius 3 is 2.53 bits per heavy atom. The van der Waals surface area contributed by atoms with Crippen molar-refractivity contribution >= 4 is 34.7 Å². The SMILES string of the molecule is COc1cc(N2CCN(C)CC2)ccc1Nc1ncc(Cl)c(NCc2ccc(C)cc2)n1. The number of nitrogens with zero attached hydrogens (tertiary/aromatic N) is 4. The molecule has 0 amide bonds. The molecule has 8 heteroatoms. The van der Waals surface area contributed by atoms with Crippen LogP contribution in [0.4, 0.5) is 23.1 Å². The second-order valence-corrected chi connectivity index (χ2v) is 8.44. The number of aromatic nitrogens is 2. The molecule has 0 radical (unpaired) electrons. The van der Waals surface area contributed by atoms with E-state index < -0.39 is 0 Å². The van der Waals surface area contributed by atoms with E-state index in [0.717, 1.165) is 48.9 Å². The van der Waals surface area contributed by atoms with Crippen molar-refractivity contribution in [2.45, 2.75) is 13.5 Å². The molecule has 2 aromatic carbocycles. The fourth-order valence-corrected chi connectivity index (χ4v) is 3.77. The number of piperazine rings is 1. The summed E-state index contributed by atoms with van der Waals surface area (Å²) in [5.41, 5.74) is 4.34. The van der Waals surface area contributed by atoms with Gasteiger partial charge in [-0.3, -0.25) is 0 Å². The largest absolute Gasteiger partial charge is 0.494 e. The van der Waals surface area contributed by atoms with Gasteiger partial charge in [0.2, 0.25) is 5.95 Å². The van der Waals surface area contributed by atoms with E-state index in [1.54, 1.807) is 13.3 Å². The summed E-state index contributed by atoms with van der Waals surface area (Å²) >= 11 is 6.32. The second kappa shape index (κ2) is 10.1. The Kier molecular flexibility index (Phi) is 6.97. The predicted octanol–water partition coefficient (Wildman–Crippen LogP) is 4.55. The molecule has 0 unspecified atom stereocenters. The molecule has 7 nitrogen and oxygen atoms in total. The summed E-state index contributed by atoms with van der Waals surface area (Å²) < 4.78 is 5.64. The van der Waals surface area contributed by atoms with Gasteiger partial charge in [0.25, 0.3) is 0 Å². The zero-order valence-corrected chi connectivity index (χ0v) is 19.5. The minimum atomic E-state index is 0.450. The topological polar surface area (TPSA) is 65.6 Å². The van der Waals surface area contributed by atoms with Gasteiger partial charge in [0, 0.05) is 44.5 Å². The Morgan fingerprint density at radius 2 is 1.81 bits per heavy atom. The molecule has 4 rings (SSSR count). The van der Waals surface area contributed by atoms with Crippen LogP contribution in [0.1, 0.15) is 11.1 Å². The van der Waals surface area contributed by atoms with Crippen LogP contribution < -0.4 is 20.3 Å². The van der Waals surface area contributed by atoms with Crippen LogP contribution in [-0.4, -0.2) is 55.2 Å². The maximum atomic E-state index is 6.32. The number of halogens is 1. The van der Waals surface area contributed by atoms with Crippen LogP contribution in [0.25, 0.3) is 0 Å². The highest BCUT2D eigenvalue weighted by Gasteiger charge is 2.16. The van der Waals surface area contributed by atoms with Crippen molar-refractivity contribution in [2.24, 2.45) is 0 Å². The van der Waals surface area contributed by atoms with Gasteiger partial charge in [0.1, 0.15) is 10.8 Å². The minimum absolute atomic E-state index is 0.450. The molecule has 1 aromatic heterocycles. The number of methoxy groups -OCH3 is 1. The first kappa shape index (κ1) is 22.2. The Morgan fingerprint density at radius 1 is 1.06 bits per heavy atom. The van der Waals surface area contributed by atoms with E-state index in [4.69, 9.17) is 16.3 Å². The van der Waals surface area contributed by atoms with Crippen LogP contribution in [-0.2, 0) is 6.54 Å². The molecular weight excluding hydrogens is 424 g/mol. The van der Waals surface area contributed by atoms with E-state index in [2.05, 4.69) is 80.8 Å². The molecule has 1 aliphatic heterocycles. The van der Waals surface area contributed by atoms with Crippen molar-refractivity contribution in [2.75, 3.05) is 55.9 Å². The fraction of sp³-hybridized carbons (Fsp3) is 0.333. The van der Waals surface area contributed by atoms with Gasteiger partial charge in [-0.05, 0) is 31.7 Å². The zero-order chi connectivity index (χ0) is 22.5. The lowest BCUT2D eigenvalue weighted by atomic mass is 10.1. The van der Waals surface area contributed by atoms with Crippen molar-refractivity contribution in [3.8, 4) is 5.75 Å². The molecule has 0 bridgehead atoms. The highest BCUT2D eigenvalue weighted by atomic mass is 35.5. The Bertz CT molecular complexity index is 1050. The average molecular weight is 453 g/mol. The zero-order valence-electron chi connectivity index (χ0n) is 18.7. The van der Waals surface area contributed by atoms with Crippen molar-refractivity contribution < 1.29 is 4.74 Å². The third kappa shape index (κ3) is 5.41. The molecule has 2 N–H and O–H groups in total. The summed E-state index contributed by atoms with van der Waals surface area (Å²) in [4.78, 5) is 13.6. The lowest BCUT2D eigenvalue weighted by Gasteiger charge is -2.34. The molecule has 1 saturated heterocycles. The molecule has 0 spiro atoms. The summed E-state index contributed by atoms with van der Waals surface area (Å²) in [5, 5.41) is 7.03. The summed E-state index contributed by atoms with van der Waals surface area (Å²) in [7, 11) is 3.83. The van der Waals surface area contributed by atoms with Gasteiger partial charge in [-0.15, -0.1) is 0 Å². The van der Waals surface area contributed by atoms with E-state index in [1.807, 2.05) is 6.07 Å². The summed E-state index contributed by atoms with van der Waals surface area (Å²) in [5.74, 6) is 1.78. The number of ether oxygens (including phenoxy) is 1. The lowest BCUT2D eigenvalue weighted by molar-refractivity contribution is 0.312. The number of anilines is 4. The first-order chi connectivity index (χ1) is 15.5. The molecule has 0 aliphatic carbocycles. The van der Waals surface area contributed by atoms with E-state index in [0.29, 0.717) is 23.3 Å². The molecule has 1 fully saturated rings. The van der Waals surface area contributed by atoms with Crippen molar-refractivity contribution in [1.29, 1.82) is 0 Å². The average Bonchev–Trinajstić information content (AvgIpc) is 2.81. The highest BCUT2D eigenvalue weighted by molar-refractivity contribution is 6.32. The fourth-order valence-electron chi connectivity index (χ4n) is 3.61. The van der Waals surface area contributed by atoms with Crippen LogP contribution in [0.15, 0.2) is 48.7 Å². The van der Waals surface area contributed by atoms with Gasteiger partial charge in [0.05, 0.1) is 19.0 Å². The Hall–Kier alpha value is -3.03. The van der Waals surface area contributed by atoms with E-state index in [-0.39, 0.29) is 0 Å². The van der Waals surface area contributed by atoms with Crippen LogP contribution in [0.3, 0.4) is 0 Å². The number of benzene rings is 2. The smallest absolute Gasteiger partial charge is 0.229 e. The Balaban J connectivity index is 1.47. The minimum Gasteiger partial charge on any atom is -0.494 e. The second-order valence-electron chi connectivity index (χ2n) is 8.03. The number of rotatable bonds is 7. The molecule has 168 valence electrons. The first-order valence-electron chi connectivity index (χ1n) is 10.7. The van der Waals surface area contributed by atoms with E-state index in [9.17, 15) is 0 Å². The molecular formula is C24H29ClN6O. The van der Waals surface area contributed by atoms with Crippen molar-refractivity contribution in [1.82, 2.24) is 14.9 Å². The summed E-state index contributed by atoms with van der Waals surface area (Å²) in [6, 6.07) is 14.5. The number of aryl methyl sites for hydroxylation is 1. The van der Waals surface area contributed by atoms with E-state index in [1.165, 1.54) is 5.56 Å². The predicted molar refractivity (Wildman–Crippen MR) is 132 cm³/mol. The van der Waals surface area contributed by atoms with Crippen LogP contribution in [0.5, 0.6) is 5.75 Å². The van der Waals surface area contributed by atoms with Crippen molar-refractivity contribution in [3.63, 3.8) is 0 Å². The molecule has 0 atom stereocenters. The quantitative estimate of drug-likeness (QED) is 0.545. The molecule has 1 aliphatic rings. The Labute approximate surface area is 194 Å². The van der Waals surface area contributed by atoms with E-state index >= 15 is 0 Å². The monoisotopic (exact) mass is 452 g/mol. The van der Waals surface area contributed by atoms with Gasteiger partial charge in [-0.2, -0.15) is 4.98 Å². The van der Waals surface area contributed by atoms with Gasteiger partial charge < -0.3 is 25.2 Å². The van der Waals surface area contributed by atoms with Crippen LogP contribution >= 0.6 is 11.6 Å². The maximum Gasteiger partial charge on any atom is 0.229 e. The number of nitrogens with one attached hydrogen (secondary N) is 2.